The maximum atomic E-state index is 12.3. The van der Waals surface area contributed by atoms with Crippen molar-refractivity contribution in [1.29, 1.82) is 0 Å². The molecule has 3 aromatic rings. The van der Waals surface area contributed by atoms with E-state index in [1.54, 1.807) is 11.8 Å². The van der Waals surface area contributed by atoms with Gasteiger partial charge in [-0.2, -0.15) is 0 Å². The van der Waals surface area contributed by atoms with Crippen LogP contribution < -0.4 is 11.0 Å². The molecule has 0 aliphatic rings. The standard InChI is InChI=1S/C16H14BNOS/c1-20-15-5-3-2-4-12(15)14-8-10-6-7-11(17)9-13(10)16(19)18-14/h2-9H,17H2,1H3,(H,18,19). The lowest BCUT2D eigenvalue weighted by Gasteiger charge is -2.08. The van der Waals surface area contributed by atoms with E-state index >= 15 is 0 Å². The number of thioether (sulfide) groups is 1. The van der Waals surface area contributed by atoms with Crippen LogP contribution in [0.4, 0.5) is 0 Å². The second-order valence-corrected chi connectivity index (χ2v) is 5.65. The van der Waals surface area contributed by atoms with Crippen LogP contribution in [0.3, 0.4) is 0 Å². The summed E-state index contributed by atoms with van der Waals surface area (Å²) in [6, 6.07) is 16.1. The highest BCUT2D eigenvalue weighted by molar-refractivity contribution is 7.98. The van der Waals surface area contributed by atoms with Crippen LogP contribution in [0.2, 0.25) is 0 Å². The van der Waals surface area contributed by atoms with Gasteiger partial charge in [0.15, 0.2) is 0 Å². The van der Waals surface area contributed by atoms with E-state index in [-0.39, 0.29) is 5.56 Å². The van der Waals surface area contributed by atoms with Crippen molar-refractivity contribution in [1.82, 2.24) is 4.98 Å². The van der Waals surface area contributed by atoms with E-state index in [2.05, 4.69) is 11.1 Å². The molecule has 2 nitrogen and oxygen atoms in total. The topological polar surface area (TPSA) is 32.9 Å². The number of hydrogen-bond acceptors (Lipinski definition) is 2. The van der Waals surface area contributed by atoms with E-state index in [0.29, 0.717) is 0 Å². The maximum Gasteiger partial charge on any atom is 0.256 e. The molecule has 0 amide bonds. The summed E-state index contributed by atoms with van der Waals surface area (Å²) in [4.78, 5) is 16.4. The van der Waals surface area contributed by atoms with Gasteiger partial charge in [-0.1, -0.05) is 41.9 Å². The number of aromatic amines is 1. The first-order chi connectivity index (χ1) is 9.69. The SMILES string of the molecule is Bc1ccc2cc(-c3ccccc3SC)[nH]c(=O)c2c1. The smallest absolute Gasteiger partial charge is 0.256 e. The Labute approximate surface area is 122 Å². The molecule has 1 aromatic heterocycles. The molecule has 0 bridgehead atoms. The van der Waals surface area contributed by atoms with Gasteiger partial charge in [0.25, 0.3) is 5.56 Å². The molecule has 0 aliphatic heterocycles. The molecule has 0 fully saturated rings. The van der Waals surface area contributed by atoms with Gasteiger partial charge in [-0.25, -0.2) is 0 Å². The van der Waals surface area contributed by atoms with Crippen molar-refractivity contribution in [3.8, 4) is 11.3 Å². The summed E-state index contributed by atoms with van der Waals surface area (Å²) in [5, 5.41) is 1.72. The Balaban J connectivity index is 2.28. The van der Waals surface area contributed by atoms with Crippen LogP contribution in [0.25, 0.3) is 22.0 Å². The zero-order valence-corrected chi connectivity index (χ0v) is 12.3. The van der Waals surface area contributed by atoms with E-state index in [4.69, 9.17) is 0 Å². The number of hydrogen-bond donors (Lipinski definition) is 1. The van der Waals surface area contributed by atoms with Gasteiger partial charge in [-0.05, 0) is 23.8 Å². The molecule has 1 heterocycles. The van der Waals surface area contributed by atoms with E-state index in [1.807, 2.05) is 56.6 Å². The average Bonchev–Trinajstić information content (AvgIpc) is 2.47. The largest absolute Gasteiger partial charge is 0.321 e. The van der Waals surface area contributed by atoms with Gasteiger partial charge in [-0.15, -0.1) is 11.8 Å². The van der Waals surface area contributed by atoms with Crippen LogP contribution in [0.15, 0.2) is 58.2 Å². The highest BCUT2D eigenvalue weighted by atomic mass is 32.2. The molecule has 1 N–H and O–H groups in total. The Bertz CT molecular complexity index is 841. The number of H-pyrrole nitrogens is 1. The van der Waals surface area contributed by atoms with Crippen molar-refractivity contribution < 1.29 is 0 Å². The summed E-state index contributed by atoms with van der Waals surface area (Å²) in [6.45, 7) is 0. The van der Waals surface area contributed by atoms with E-state index in [9.17, 15) is 4.79 Å². The Morgan fingerprint density at radius 1 is 1.10 bits per heavy atom. The van der Waals surface area contributed by atoms with Gasteiger partial charge in [-0.3, -0.25) is 4.79 Å². The minimum absolute atomic E-state index is 0.0305. The van der Waals surface area contributed by atoms with Crippen molar-refractivity contribution in [3.05, 3.63) is 58.9 Å². The van der Waals surface area contributed by atoms with Gasteiger partial charge in [0.2, 0.25) is 0 Å². The van der Waals surface area contributed by atoms with Crippen LogP contribution in [-0.4, -0.2) is 19.1 Å². The van der Waals surface area contributed by atoms with Crippen LogP contribution in [-0.2, 0) is 0 Å². The highest BCUT2D eigenvalue weighted by Crippen LogP contribution is 2.29. The molecule has 0 saturated heterocycles. The molecule has 0 aliphatic carbocycles. The molecule has 2 aromatic carbocycles. The average molecular weight is 279 g/mol. The number of rotatable bonds is 2. The van der Waals surface area contributed by atoms with Gasteiger partial charge < -0.3 is 4.98 Å². The molecule has 0 radical (unpaired) electrons. The lowest BCUT2D eigenvalue weighted by Crippen LogP contribution is -2.11. The first-order valence-corrected chi connectivity index (χ1v) is 7.68. The first-order valence-electron chi connectivity index (χ1n) is 6.46. The molecule has 0 spiro atoms. The van der Waals surface area contributed by atoms with E-state index in [0.717, 1.165) is 32.4 Å². The van der Waals surface area contributed by atoms with E-state index < -0.39 is 0 Å². The molecule has 3 rings (SSSR count). The number of aromatic nitrogens is 1. The number of pyridine rings is 1. The van der Waals surface area contributed by atoms with Gasteiger partial charge in [0, 0.05) is 15.8 Å². The number of benzene rings is 2. The first kappa shape index (κ1) is 13.1. The maximum absolute atomic E-state index is 12.3. The lowest BCUT2D eigenvalue weighted by atomic mass is 9.93. The molecule has 0 unspecified atom stereocenters. The Morgan fingerprint density at radius 3 is 2.70 bits per heavy atom. The summed E-state index contributed by atoms with van der Waals surface area (Å²) in [5.74, 6) is 0. The fourth-order valence-corrected chi connectivity index (χ4v) is 3.00. The summed E-state index contributed by atoms with van der Waals surface area (Å²) in [7, 11) is 2.00. The molecular formula is C16H14BNOS. The predicted molar refractivity (Wildman–Crippen MR) is 90.0 cm³/mol. The third-order valence-electron chi connectivity index (χ3n) is 3.40. The Hall–Kier alpha value is -1.94. The molecule has 0 saturated carbocycles. The second kappa shape index (κ2) is 5.21. The second-order valence-electron chi connectivity index (χ2n) is 4.80. The molecular weight excluding hydrogens is 265 g/mol. The van der Waals surface area contributed by atoms with Gasteiger partial charge in [0.1, 0.15) is 7.85 Å². The Morgan fingerprint density at radius 2 is 1.90 bits per heavy atom. The molecule has 4 heteroatoms. The quantitative estimate of drug-likeness (QED) is 0.576. The van der Waals surface area contributed by atoms with Gasteiger partial charge in [0.05, 0.1) is 5.69 Å². The van der Waals surface area contributed by atoms with Gasteiger partial charge >= 0.3 is 0 Å². The number of nitrogens with one attached hydrogen (secondary N) is 1. The molecule has 0 atom stereocenters. The minimum atomic E-state index is -0.0305. The summed E-state index contributed by atoms with van der Waals surface area (Å²) in [6.07, 6.45) is 2.04. The van der Waals surface area contributed by atoms with Crippen molar-refractivity contribution >= 4 is 35.8 Å². The van der Waals surface area contributed by atoms with Crippen molar-refractivity contribution in [3.63, 3.8) is 0 Å². The summed E-state index contributed by atoms with van der Waals surface area (Å²) >= 11 is 1.68. The van der Waals surface area contributed by atoms with Crippen molar-refractivity contribution in [2.24, 2.45) is 0 Å². The van der Waals surface area contributed by atoms with Crippen LogP contribution in [0, 0.1) is 0 Å². The number of fused-ring (bicyclic) bond motifs is 1. The molecule has 98 valence electrons. The van der Waals surface area contributed by atoms with Crippen molar-refractivity contribution in [2.45, 2.75) is 4.90 Å². The zero-order chi connectivity index (χ0) is 14.1. The van der Waals surface area contributed by atoms with Crippen molar-refractivity contribution in [2.75, 3.05) is 6.26 Å². The highest BCUT2D eigenvalue weighted by Gasteiger charge is 2.07. The fourth-order valence-electron chi connectivity index (χ4n) is 2.39. The fraction of sp³-hybridized carbons (Fsp3) is 0.0625. The zero-order valence-electron chi connectivity index (χ0n) is 11.4. The summed E-state index contributed by atoms with van der Waals surface area (Å²) in [5.41, 5.74) is 3.01. The van der Waals surface area contributed by atoms with Crippen LogP contribution in [0.5, 0.6) is 0 Å². The third-order valence-corrected chi connectivity index (χ3v) is 4.19. The predicted octanol–water partition coefficient (Wildman–Crippen LogP) is 2.18. The van der Waals surface area contributed by atoms with Crippen LogP contribution in [0.1, 0.15) is 0 Å². The monoisotopic (exact) mass is 279 g/mol. The minimum Gasteiger partial charge on any atom is -0.321 e. The van der Waals surface area contributed by atoms with Crippen LogP contribution >= 0.6 is 11.8 Å². The van der Waals surface area contributed by atoms with E-state index in [1.165, 1.54) is 0 Å². The molecule has 20 heavy (non-hydrogen) atoms. The third kappa shape index (κ3) is 2.27. The Kier molecular flexibility index (Phi) is 3.41. The summed E-state index contributed by atoms with van der Waals surface area (Å²) < 4.78 is 0. The normalized spacial score (nSPS) is 10.8. The lowest BCUT2D eigenvalue weighted by molar-refractivity contribution is 1.26.